The lowest BCUT2D eigenvalue weighted by Gasteiger charge is -2.14. The predicted octanol–water partition coefficient (Wildman–Crippen LogP) is 0.372. The second-order valence-electron chi connectivity index (χ2n) is 4.31. The molecule has 5 nitrogen and oxygen atoms in total. The molecular weight excluding hydrogens is 216 g/mol. The van der Waals surface area contributed by atoms with Crippen molar-refractivity contribution < 1.29 is 4.79 Å². The number of carbonyl (C=O) groups is 1. The van der Waals surface area contributed by atoms with Crippen molar-refractivity contribution >= 4 is 5.91 Å². The maximum atomic E-state index is 11.8. The molecule has 1 aromatic rings. The second kappa shape index (κ2) is 6.39. The minimum absolute atomic E-state index is 0.0394. The number of hydrogen-bond donors (Lipinski definition) is 2. The van der Waals surface area contributed by atoms with Crippen molar-refractivity contribution in [3.05, 3.63) is 17.5 Å². The highest BCUT2D eigenvalue weighted by molar-refractivity contribution is 5.79. The van der Waals surface area contributed by atoms with Crippen LogP contribution >= 0.6 is 0 Å². The standard InChI is InChI=1S/C12H22N4O/c1-4-5-14-12(17)10(7-13)6-11-8-15-16(3)9(11)2/h8,10H,4-7,13H2,1-3H3,(H,14,17). The fourth-order valence-electron chi connectivity index (χ4n) is 1.69. The summed E-state index contributed by atoms with van der Waals surface area (Å²) >= 11 is 0. The molecule has 0 aliphatic heterocycles. The molecule has 1 unspecified atom stereocenters. The normalized spacial score (nSPS) is 12.5. The smallest absolute Gasteiger partial charge is 0.224 e. The summed E-state index contributed by atoms with van der Waals surface area (Å²) in [5, 5.41) is 7.05. The van der Waals surface area contributed by atoms with E-state index in [1.54, 1.807) is 0 Å². The van der Waals surface area contributed by atoms with Crippen molar-refractivity contribution in [2.45, 2.75) is 26.7 Å². The van der Waals surface area contributed by atoms with Crippen LogP contribution in [0.15, 0.2) is 6.20 Å². The largest absolute Gasteiger partial charge is 0.356 e. The van der Waals surface area contributed by atoms with Gasteiger partial charge in [-0.25, -0.2) is 0 Å². The van der Waals surface area contributed by atoms with Crippen LogP contribution < -0.4 is 11.1 Å². The first-order chi connectivity index (χ1) is 8.10. The zero-order chi connectivity index (χ0) is 12.8. The van der Waals surface area contributed by atoms with Gasteiger partial charge in [0.05, 0.1) is 12.1 Å². The summed E-state index contributed by atoms with van der Waals surface area (Å²) in [4.78, 5) is 11.8. The third-order valence-corrected chi connectivity index (χ3v) is 3.01. The quantitative estimate of drug-likeness (QED) is 0.752. The third-order valence-electron chi connectivity index (χ3n) is 3.01. The first-order valence-corrected chi connectivity index (χ1v) is 6.05. The van der Waals surface area contributed by atoms with Gasteiger partial charge < -0.3 is 11.1 Å². The van der Waals surface area contributed by atoms with Crippen LogP contribution in [0.3, 0.4) is 0 Å². The summed E-state index contributed by atoms with van der Waals surface area (Å²) in [6.45, 7) is 5.11. The number of nitrogens with zero attached hydrogens (tertiary/aromatic N) is 2. The minimum atomic E-state index is -0.163. The number of aromatic nitrogens is 2. The summed E-state index contributed by atoms with van der Waals surface area (Å²) in [6, 6.07) is 0. The second-order valence-corrected chi connectivity index (χ2v) is 4.31. The molecule has 1 atom stereocenters. The van der Waals surface area contributed by atoms with Crippen molar-refractivity contribution in [2.24, 2.45) is 18.7 Å². The Bertz CT molecular complexity index is 373. The number of amides is 1. The fourth-order valence-corrected chi connectivity index (χ4v) is 1.69. The molecule has 0 spiro atoms. The lowest BCUT2D eigenvalue weighted by atomic mass is 9.99. The van der Waals surface area contributed by atoms with Gasteiger partial charge in [0.2, 0.25) is 5.91 Å². The highest BCUT2D eigenvalue weighted by Crippen LogP contribution is 2.12. The number of hydrogen-bond acceptors (Lipinski definition) is 3. The van der Waals surface area contributed by atoms with E-state index >= 15 is 0 Å². The van der Waals surface area contributed by atoms with Gasteiger partial charge >= 0.3 is 0 Å². The van der Waals surface area contributed by atoms with Crippen LogP contribution in [-0.2, 0) is 18.3 Å². The van der Waals surface area contributed by atoms with Crippen molar-refractivity contribution in [1.29, 1.82) is 0 Å². The molecule has 0 saturated heterocycles. The van der Waals surface area contributed by atoms with Gasteiger partial charge in [-0.2, -0.15) is 5.10 Å². The van der Waals surface area contributed by atoms with Gasteiger partial charge in [0.15, 0.2) is 0 Å². The van der Waals surface area contributed by atoms with Crippen molar-refractivity contribution in [2.75, 3.05) is 13.1 Å². The molecule has 17 heavy (non-hydrogen) atoms. The number of nitrogens with one attached hydrogen (secondary N) is 1. The summed E-state index contributed by atoms with van der Waals surface area (Å²) in [5.74, 6) is -0.123. The number of aryl methyl sites for hydroxylation is 1. The lowest BCUT2D eigenvalue weighted by Crippen LogP contribution is -2.36. The van der Waals surface area contributed by atoms with Crippen LogP contribution in [0.1, 0.15) is 24.6 Å². The Morgan fingerprint density at radius 3 is 2.82 bits per heavy atom. The fraction of sp³-hybridized carbons (Fsp3) is 0.667. The van der Waals surface area contributed by atoms with E-state index in [4.69, 9.17) is 5.73 Å². The molecule has 0 aromatic carbocycles. The van der Waals surface area contributed by atoms with E-state index in [1.807, 2.05) is 31.8 Å². The maximum Gasteiger partial charge on any atom is 0.224 e. The molecule has 1 aromatic heterocycles. The van der Waals surface area contributed by atoms with Crippen molar-refractivity contribution in [1.82, 2.24) is 15.1 Å². The molecule has 0 radical (unpaired) electrons. The van der Waals surface area contributed by atoms with Crippen LogP contribution in [0.2, 0.25) is 0 Å². The summed E-state index contributed by atoms with van der Waals surface area (Å²) in [6.07, 6.45) is 3.41. The van der Waals surface area contributed by atoms with Crippen LogP contribution in [0.4, 0.5) is 0 Å². The zero-order valence-electron chi connectivity index (χ0n) is 10.9. The van der Waals surface area contributed by atoms with E-state index in [2.05, 4.69) is 10.4 Å². The highest BCUT2D eigenvalue weighted by Gasteiger charge is 2.18. The van der Waals surface area contributed by atoms with Crippen LogP contribution in [0, 0.1) is 12.8 Å². The Balaban J connectivity index is 2.63. The van der Waals surface area contributed by atoms with Crippen LogP contribution in [-0.4, -0.2) is 28.8 Å². The molecule has 1 amide bonds. The molecule has 0 aliphatic carbocycles. The van der Waals surface area contributed by atoms with Gasteiger partial charge in [-0.15, -0.1) is 0 Å². The molecule has 3 N–H and O–H groups in total. The monoisotopic (exact) mass is 238 g/mol. The summed E-state index contributed by atoms with van der Waals surface area (Å²) in [7, 11) is 1.90. The Morgan fingerprint density at radius 1 is 1.65 bits per heavy atom. The number of nitrogens with two attached hydrogens (primary N) is 1. The minimum Gasteiger partial charge on any atom is -0.356 e. The van der Waals surface area contributed by atoms with Gasteiger partial charge in [0.25, 0.3) is 0 Å². The highest BCUT2D eigenvalue weighted by atomic mass is 16.1. The van der Waals surface area contributed by atoms with Gasteiger partial charge in [-0.3, -0.25) is 9.48 Å². The van der Waals surface area contributed by atoms with E-state index in [1.165, 1.54) is 0 Å². The van der Waals surface area contributed by atoms with E-state index in [-0.39, 0.29) is 11.8 Å². The van der Waals surface area contributed by atoms with Gasteiger partial charge in [0.1, 0.15) is 0 Å². The number of carbonyl (C=O) groups excluding carboxylic acids is 1. The van der Waals surface area contributed by atoms with Crippen LogP contribution in [0.5, 0.6) is 0 Å². The molecule has 1 rings (SSSR count). The molecule has 5 heteroatoms. The zero-order valence-corrected chi connectivity index (χ0v) is 10.9. The molecule has 0 bridgehead atoms. The molecule has 1 heterocycles. The molecule has 0 aliphatic rings. The first-order valence-electron chi connectivity index (χ1n) is 6.05. The van der Waals surface area contributed by atoms with E-state index in [0.717, 1.165) is 17.7 Å². The number of rotatable bonds is 6. The topological polar surface area (TPSA) is 72.9 Å². The Hall–Kier alpha value is -1.36. The average molecular weight is 238 g/mol. The van der Waals surface area contributed by atoms with E-state index < -0.39 is 0 Å². The maximum absolute atomic E-state index is 11.8. The van der Waals surface area contributed by atoms with Gasteiger partial charge in [0, 0.05) is 25.8 Å². The van der Waals surface area contributed by atoms with Crippen LogP contribution in [0.25, 0.3) is 0 Å². The summed E-state index contributed by atoms with van der Waals surface area (Å²) < 4.78 is 1.81. The molecule has 0 fully saturated rings. The Kier molecular flexibility index (Phi) is 5.15. The van der Waals surface area contributed by atoms with Crippen molar-refractivity contribution in [3.63, 3.8) is 0 Å². The average Bonchev–Trinajstić information content (AvgIpc) is 2.64. The molecular formula is C12H22N4O. The molecule has 0 saturated carbocycles. The van der Waals surface area contributed by atoms with Gasteiger partial charge in [-0.1, -0.05) is 6.92 Å². The Morgan fingerprint density at radius 2 is 2.35 bits per heavy atom. The Labute approximate surface area is 102 Å². The first kappa shape index (κ1) is 13.7. The predicted molar refractivity (Wildman–Crippen MR) is 67.5 cm³/mol. The van der Waals surface area contributed by atoms with Crippen molar-refractivity contribution in [3.8, 4) is 0 Å². The summed E-state index contributed by atoms with van der Waals surface area (Å²) in [5.41, 5.74) is 7.84. The third kappa shape index (κ3) is 3.56. The van der Waals surface area contributed by atoms with Gasteiger partial charge in [-0.05, 0) is 25.3 Å². The lowest BCUT2D eigenvalue weighted by molar-refractivity contribution is -0.124. The SMILES string of the molecule is CCCNC(=O)C(CN)Cc1cnn(C)c1C. The van der Waals surface area contributed by atoms with E-state index in [0.29, 0.717) is 19.5 Å². The van der Waals surface area contributed by atoms with E-state index in [9.17, 15) is 4.79 Å². The molecule has 96 valence electrons.